The Kier molecular flexibility index (Phi) is 8.47. The van der Waals surface area contributed by atoms with Crippen molar-refractivity contribution in [3.63, 3.8) is 0 Å². The number of carbonyl (C=O) groups is 4. The second-order valence-corrected chi connectivity index (χ2v) is 12.7. The van der Waals surface area contributed by atoms with Gasteiger partial charge >= 0.3 is 12.2 Å². The third-order valence-electron chi connectivity index (χ3n) is 11.0. The normalized spacial score (nSPS) is 40.6. The molecule has 2 N–H and O–H groups in total. The molecule has 3 aliphatic carbocycles. The van der Waals surface area contributed by atoms with Crippen LogP contribution in [-0.2, 0) is 19.1 Å². The summed E-state index contributed by atoms with van der Waals surface area (Å²) in [6.45, 7) is 15.4. The van der Waals surface area contributed by atoms with Crippen LogP contribution in [0.2, 0.25) is 0 Å². The number of nitrogens with one attached hydrogen (secondary N) is 1. The number of rotatable bonds is 6. The molecular weight excluding hydrogens is 502 g/mol. The van der Waals surface area contributed by atoms with Gasteiger partial charge in [0, 0.05) is 55.9 Å². The average molecular weight is 548 g/mol. The van der Waals surface area contributed by atoms with Crippen molar-refractivity contribution in [2.45, 2.75) is 72.0 Å². The van der Waals surface area contributed by atoms with E-state index in [0.717, 1.165) is 25.7 Å². The maximum absolute atomic E-state index is 13.5. The minimum absolute atomic E-state index is 0.0933. The van der Waals surface area contributed by atoms with E-state index in [1.807, 2.05) is 13.8 Å². The highest BCUT2D eigenvalue weighted by atomic mass is 16.6. The van der Waals surface area contributed by atoms with E-state index in [1.54, 1.807) is 11.0 Å². The number of imide groups is 1. The largest absolute Gasteiger partial charge is 0.448 e. The zero-order chi connectivity index (χ0) is 28.6. The summed E-state index contributed by atoms with van der Waals surface area (Å²) in [4.78, 5) is 53.5. The van der Waals surface area contributed by atoms with Gasteiger partial charge in [0.15, 0.2) is 0 Å². The van der Waals surface area contributed by atoms with Gasteiger partial charge in [0.2, 0.25) is 6.41 Å². The summed E-state index contributed by atoms with van der Waals surface area (Å²) in [5.41, 5.74) is -1.77. The molecule has 0 unspecified atom stereocenters. The van der Waals surface area contributed by atoms with Crippen LogP contribution in [0.25, 0.3) is 0 Å². The van der Waals surface area contributed by atoms with Gasteiger partial charge < -0.3 is 19.5 Å². The van der Waals surface area contributed by atoms with Crippen molar-refractivity contribution in [1.29, 1.82) is 0 Å². The molecule has 10 nitrogen and oxygen atoms in total. The Bertz CT molecular complexity index is 982. The first-order valence-corrected chi connectivity index (χ1v) is 14.3. The van der Waals surface area contributed by atoms with Crippen LogP contribution in [0.3, 0.4) is 0 Å². The lowest BCUT2D eigenvalue weighted by Crippen LogP contribution is -2.63. The molecule has 4 aliphatic rings. The van der Waals surface area contributed by atoms with Gasteiger partial charge in [0.25, 0.3) is 0 Å². The molecule has 39 heavy (non-hydrogen) atoms. The summed E-state index contributed by atoms with van der Waals surface area (Å²) >= 11 is 0. The highest BCUT2D eigenvalue weighted by Gasteiger charge is 2.68. The van der Waals surface area contributed by atoms with E-state index in [2.05, 4.69) is 30.6 Å². The molecule has 3 saturated carbocycles. The van der Waals surface area contributed by atoms with Crippen molar-refractivity contribution in [2.75, 3.05) is 39.3 Å². The molecule has 10 heteroatoms. The molecule has 8 atom stereocenters. The van der Waals surface area contributed by atoms with Gasteiger partial charge in [0.05, 0.1) is 6.10 Å². The molecule has 1 aliphatic heterocycles. The number of amides is 3. The Morgan fingerprint density at radius 3 is 2.49 bits per heavy atom. The Morgan fingerprint density at radius 1 is 1.15 bits per heavy atom. The third-order valence-corrected chi connectivity index (χ3v) is 11.0. The smallest absolute Gasteiger partial charge is 0.416 e. The van der Waals surface area contributed by atoms with Crippen LogP contribution in [0.15, 0.2) is 12.7 Å². The van der Waals surface area contributed by atoms with Crippen molar-refractivity contribution in [3.05, 3.63) is 12.7 Å². The maximum atomic E-state index is 13.5. The van der Waals surface area contributed by atoms with E-state index in [0.29, 0.717) is 39.1 Å². The number of hydrogen-bond acceptors (Lipinski definition) is 8. The lowest BCUT2D eigenvalue weighted by atomic mass is 9.44. The predicted molar refractivity (Wildman–Crippen MR) is 144 cm³/mol. The molecule has 4 fully saturated rings. The standard InChI is InChI=1S/C29H45N3O7/c1-6-27(4)17-22(39-26(37)30-25(36)38-16-15-31-11-13-32(18-33)14-12-31)28(5)19(2)7-9-29(20(3)24(27)35)10-8-21(34)23(28)29/h6,18-20,22-24,35H,1,7-17H2,2-5H3,(H,30,36,37)/t19-,20+,22-,23+,24+,27-,28+,29+/m1/s1. The summed E-state index contributed by atoms with van der Waals surface area (Å²) in [5.74, 6) is -0.182. The monoisotopic (exact) mass is 547 g/mol. The van der Waals surface area contributed by atoms with Crippen LogP contribution in [0, 0.1) is 34.0 Å². The summed E-state index contributed by atoms with van der Waals surface area (Å²) in [5, 5.41) is 13.8. The fourth-order valence-electron chi connectivity index (χ4n) is 8.14. The quantitative estimate of drug-likeness (QED) is 0.384. The van der Waals surface area contributed by atoms with Gasteiger partial charge in [-0.15, -0.1) is 6.58 Å². The van der Waals surface area contributed by atoms with Crippen molar-refractivity contribution in [2.24, 2.45) is 34.0 Å². The molecule has 1 saturated heterocycles. The Hall–Kier alpha value is -2.46. The zero-order valence-electron chi connectivity index (χ0n) is 23.8. The topological polar surface area (TPSA) is 125 Å². The molecule has 1 heterocycles. The minimum Gasteiger partial charge on any atom is -0.448 e. The Balaban J connectivity index is 1.46. The lowest BCUT2D eigenvalue weighted by Gasteiger charge is -2.61. The lowest BCUT2D eigenvalue weighted by molar-refractivity contribution is -0.191. The van der Waals surface area contributed by atoms with E-state index in [4.69, 9.17) is 9.47 Å². The molecule has 218 valence electrons. The maximum Gasteiger partial charge on any atom is 0.416 e. The van der Waals surface area contributed by atoms with Crippen LogP contribution in [-0.4, -0.2) is 90.8 Å². The van der Waals surface area contributed by atoms with Crippen LogP contribution in [0.4, 0.5) is 9.59 Å². The number of ketones is 1. The first-order valence-electron chi connectivity index (χ1n) is 14.3. The predicted octanol–water partition coefficient (Wildman–Crippen LogP) is 2.99. The number of hydrogen-bond donors (Lipinski definition) is 2. The average Bonchev–Trinajstić information content (AvgIpc) is 3.27. The second-order valence-electron chi connectivity index (χ2n) is 12.7. The molecule has 0 aromatic rings. The highest BCUT2D eigenvalue weighted by Crippen LogP contribution is 2.67. The Labute approximate surface area is 231 Å². The molecule has 3 amide bonds. The number of nitrogens with zero attached hydrogens (tertiary/aromatic N) is 2. The molecule has 4 rings (SSSR count). The SMILES string of the molecule is C=C[C@]1(C)C[C@@H](OC(=O)NC(=O)OCCN2CCN(C=O)CC2)[C@]2(C)[C@H](C)CC[C@]3(CCC(=O)[C@H]32)[C@@H](C)[C@@H]1O. The van der Waals surface area contributed by atoms with Crippen molar-refractivity contribution in [1.82, 2.24) is 15.1 Å². The fourth-order valence-corrected chi connectivity index (χ4v) is 8.14. The second kappa shape index (κ2) is 11.2. The van der Waals surface area contributed by atoms with Crippen LogP contribution in [0.5, 0.6) is 0 Å². The van der Waals surface area contributed by atoms with Gasteiger partial charge in [-0.05, 0) is 42.9 Å². The number of aliphatic hydroxyl groups is 1. The number of ether oxygens (including phenoxy) is 2. The summed E-state index contributed by atoms with van der Waals surface area (Å²) in [7, 11) is 0. The van der Waals surface area contributed by atoms with E-state index in [9.17, 15) is 24.3 Å². The summed E-state index contributed by atoms with van der Waals surface area (Å²) < 4.78 is 11.2. The van der Waals surface area contributed by atoms with Crippen molar-refractivity contribution >= 4 is 24.4 Å². The summed E-state index contributed by atoms with van der Waals surface area (Å²) in [6.07, 6.45) is 2.47. The van der Waals surface area contributed by atoms with E-state index >= 15 is 0 Å². The molecule has 2 bridgehead atoms. The Morgan fingerprint density at radius 2 is 1.85 bits per heavy atom. The third kappa shape index (κ3) is 5.22. The molecule has 0 aromatic heterocycles. The van der Waals surface area contributed by atoms with E-state index < -0.39 is 35.2 Å². The van der Waals surface area contributed by atoms with Gasteiger partial charge in [-0.1, -0.05) is 33.8 Å². The number of aliphatic hydroxyl groups excluding tert-OH is 1. The van der Waals surface area contributed by atoms with Gasteiger partial charge in [0.1, 0.15) is 18.5 Å². The summed E-state index contributed by atoms with van der Waals surface area (Å²) in [6, 6.07) is 0. The van der Waals surface area contributed by atoms with E-state index in [-0.39, 0.29) is 42.0 Å². The zero-order valence-corrected chi connectivity index (χ0v) is 23.8. The minimum atomic E-state index is -0.922. The first-order chi connectivity index (χ1) is 18.4. The van der Waals surface area contributed by atoms with Crippen LogP contribution < -0.4 is 5.32 Å². The first kappa shape index (κ1) is 29.5. The highest BCUT2D eigenvalue weighted by molar-refractivity contribution is 5.88. The number of Topliss-reactive ketones (excluding diaryl/α,β-unsaturated/α-hetero) is 1. The number of carbonyl (C=O) groups excluding carboxylic acids is 4. The van der Waals surface area contributed by atoms with Crippen molar-refractivity contribution < 1.29 is 33.8 Å². The van der Waals surface area contributed by atoms with Crippen LogP contribution >= 0.6 is 0 Å². The molecule has 0 spiro atoms. The van der Waals surface area contributed by atoms with Crippen molar-refractivity contribution in [3.8, 4) is 0 Å². The number of piperazine rings is 1. The fraction of sp³-hybridized carbons (Fsp3) is 0.793. The number of alkyl carbamates (subject to hydrolysis) is 2. The van der Waals surface area contributed by atoms with E-state index in [1.165, 1.54) is 0 Å². The van der Waals surface area contributed by atoms with Gasteiger partial charge in [-0.2, -0.15) is 0 Å². The van der Waals surface area contributed by atoms with Gasteiger partial charge in [-0.25, -0.2) is 14.9 Å². The van der Waals surface area contributed by atoms with Crippen LogP contribution in [0.1, 0.15) is 59.8 Å². The molecular formula is C29H45N3O7. The van der Waals surface area contributed by atoms with Gasteiger partial charge in [-0.3, -0.25) is 14.5 Å². The molecule has 0 aromatic carbocycles. The molecule has 0 radical (unpaired) electrons.